The molecular formula is C15H22O2. The van der Waals surface area contributed by atoms with Gasteiger partial charge in [-0.05, 0) is 38.0 Å². The summed E-state index contributed by atoms with van der Waals surface area (Å²) in [5.41, 5.74) is -0.820. The largest absolute Gasteiger partial charge is 0.366 e. The summed E-state index contributed by atoms with van der Waals surface area (Å²) in [4.78, 5) is 12.9. The van der Waals surface area contributed by atoms with Gasteiger partial charge in [0.15, 0.2) is 5.78 Å². The van der Waals surface area contributed by atoms with Crippen LogP contribution in [0.3, 0.4) is 0 Å². The molecule has 2 bridgehead atoms. The van der Waals surface area contributed by atoms with Crippen LogP contribution in [0.5, 0.6) is 0 Å². The highest BCUT2D eigenvalue weighted by Gasteiger charge is 2.68. The summed E-state index contributed by atoms with van der Waals surface area (Å²) in [7, 11) is 0. The first kappa shape index (κ1) is 11.5. The number of hydrogen-bond acceptors (Lipinski definition) is 2. The summed E-state index contributed by atoms with van der Waals surface area (Å²) in [5, 5.41) is 0. The lowest BCUT2D eigenvalue weighted by molar-refractivity contribution is -0.171. The average molecular weight is 234 g/mol. The van der Waals surface area contributed by atoms with E-state index < -0.39 is 5.60 Å². The normalized spacial score (nSPS) is 47.6. The van der Waals surface area contributed by atoms with E-state index in [0.717, 1.165) is 38.7 Å². The number of ether oxygens (including phenoxy) is 1. The van der Waals surface area contributed by atoms with E-state index in [-0.39, 0.29) is 10.8 Å². The molecule has 17 heavy (non-hydrogen) atoms. The second-order valence-corrected chi connectivity index (χ2v) is 6.63. The smallest absolute Gasteiger partial charge is 0.171 e. The molecule has 2 nitrogen and oxygen atoms in total. The van der Waals surface area contributed by atoms with Gasteiger partial charge in [-0.15, -0.1) is 6.58 Å². The number of ketones is 1. The first-order valence-corrected chi connectivity index (χ1v) is 6.81. The first-order valence-electron chi connectivity index (χ1n) is 6.81. The Morgan fingerprint density at radius 2 is 2.18 bits per heavy atom. The fraction of sp³-hybridized carbons (Fsp3) is 0.800. The highest BCUT2D eigenvalue weighted by atomic mass is 16.5. The third kappa shape index (κ3) is 1.13. The van der Waals surface area contributed by atoms with Gasteiger partial charge in [-0.3, -0.25) is 4.79 Å². The zero-order valence-electron chi connectivity index (χ0n) is 10.9. The summed E-state index contributed by atoms with van der Waals surface area (Å²) in [6.45, 7) is 8.99. The molecule has 1 aliphatic heterocycles. The van der Waals surface area contributed by atoms with Gasteiger partial charge in [0, 0.05) is 17.4 Å². The predicted molar refractivity (Wildman–Crippen MR) is 66.7 cm³/mol. The van der Waals surface area contributed by atoms with Crippen molar-refractivity contribution in [3.8, 4) is 0 Å². The van der Waals surface area contributed by atoms with E-state index in [1.807, 2.05) is 6.08 Å². The molecule has 2 heteroatoms. The minimum absolute atomic E-state index is 0.0687. The minimum Gasteiger partial charge on any atom is -0.366 e. The van der Waals surface area contributed by atoms with Crippen LogP contribution in [0.4, 0.5) is 0 Å². The summed E-state index contributed by atoms with van der Waals surface area (Å²) in [5.74, 6) is 0.860. The van der Waals surface area contributed by atoms with E-state index >= 15 is 0 Å². The van der Waals surface area contributed by atoms with Crippen LogP contribution < -0.4 is 0 Å². The molecule has 0 aromatic heterocycles. The zero-order valence-corrected chi connectivity index (χ0v) is 10.9. The van der Waals surface area contributed by atoms with Crippen LogP contribution >= 0.6 is 0 Å². The molecule has 94 valence electrons. The van der Waals surface area contributed by atoms with E-state index in [1.54, 1.807) is 0 Å². The summed E-state index contributed by atoms with van der Waals surface area (Å²) < 4.78 is 6.03. The van der Waals surface area contributed by atoms with Gasteiger partial charge in [-0.2, -0.15) is 0 Å². The van der Waals surface area contributed by atoms with E-state index in [9.17, 15) is 4.79 Å². The van der Waals surface area contributed by atoms with Crippen LogP contribution in [-0.4, -0.2) is 18.0 Å². The Bertz CT molecular complexity index is 376. The van der Waals surface area contributed by atoms with Gasteiger partial charge in [0.25, 0.3) is 0 Å². The Kier molecular flexibility index (Phi) is 2.17. The predicted octanol–water partition coefficient (Wildman–Crippen LogP) is 3.12. The van der Waals surface area contributed by atoms with Crippen molar-refractivity contribution in [3.63, 3.8) is 0 Å². The summed E-state index contributed by atoms with van der Waals surface area (Å²) >= 11 is 0. The second-order valence-electron chi connectivity index (χ2n) is 6.63. The van der Waals surface area contributed by atoms with E-state index in [2.05, 4.69) is 20.4 Å². The van der Waals surface area contributed by atoms with Crippen LogP contribution in [0.15, 0.2) is 12.7 Å². The molecule has 3 aliphatic rings. The molecular weight excluding hydrogens is 212 g/mol. The number of Topliss-reactive ketones (excluding diaryl/α,β-unsaturated/α-hetero) is 1. The number of hydrogen-bond donors (Lipinski definition) is 0. The van der Waals surface area contributed by atoms with Crippen LogP contribution in [-0.2, 0) is 9.53 Å². The highest BCUT2D eigenvalue weighted by Crippen LogP contribution is 2.64. The summed E-state index contributed by atoms with van der Waals surface area (Å²) in [6, 6.07) is 0. The van der Waals surface area contributed by atoms with Crippen molar-refractivity contribution < 1.29 is 9.53 Å². The van der Waals surface area contributed by atoms with Crippen molar-refractivity contribution in [2.45, 2.75) is 51.6 Å². The Labute approximate surface area is 103 Å². The fourth-order valence-corrected chi connectivity index (χ4v) is 4.55. The molecule has 3 fully saturated rings. The van der Waals surface area contributed by atoms with Gasteiger partial charge in [0.1, 0.15) is 5.60 Å². The third-order valence-corrected chi connectivity index (χ3v) is 5.74. The van der Waals surface area contributed by atoms with Gasteiger partial charge >= 0.3 is 0 Å². The monoisotopic (exact) mass is 234 g/mol. The molecule has 2 aliphatic carbocycles. The van der Waals surface area contributed by atoms with Crippen LogP contribution in [0.2, 0.25) is 0 Å². The highest BCUT2D eigenvalue weighted by molar-refractivity contribution is 5.95. The number of carbonyl (C=O) groups is 1. The number of carbonyl (C=O) groups excluding carboxylic acids is 1. The maximum absolute atomic E-state index is 12.9. The van der Waals surface area contributed by atoms with Crippen LogP contribution in [0, 0.1) is 16.7 Å². The SMILES string of the molecule is C=CC12CCC(C1)C(C)(C)C(=O)[C@]21CCCO1. The molecule has 3 atom stereocenters. The van der Waals surface area contributed by atoms with Crippen molar-refractivity contribution in [1.29, 1.82) is 0 Å². The van der Waals surface area contributed by atoms with Gasteiger partial charge in [0.2, 0.25) is 0 Å². The van der Waals surface area contributed by atoms with Crippen molar-refractivity contribution in [2.24, 2.45) is 16.7 Å². The van der Waals surface area contributed by atoms with Gasteiger partial charge in [0.05, 0.1) is 0 Å². The molecule has 1 saturated heterocycles. The molecule has 2 saturated carbocycles. The molecule has 2 unspecified atom stereocenters. The van der Waals surface area contributed by atoms with Crippen molar-refractivity contribution in [3.05, 3.63) is 12.7 Å². The van der Waals surface area contributed by atoms with Gasteiger partial charge in [-0.25, -0.2) is 0 Å². The van der Waals surface area contributed by atoms with E-state index in [0.29, 0.717) is 11.7 Å². The average Bonchev–Trinajstić information content (AvgIpc) is 2.94. The molecule has 0 aromatic carbocycles. The lowest BCUT2D eigenvalue weighted by Crippen LogP contribution is -2.60. The molecule has 1 spiro atoms. The van der Waals surface area contributed by atoms with Gasteiger partial charge in [-0.1, -0.05) is 19.9 Å². The Morgan fingerprint density at radius 3 is 2.76 bits per heavy atom. The lowest BCUT2D eigenvalue weighted by atomic mass is 9.55. The molecule has 0 amide bonds. The van der Waals surface area contributed by atoms with E-state index in [4.69, 9.17) is 4.74 Å². The molecule has 0 radical (unpaired) electrons. The standard InChI is InChI=1S/C15H22O2/c1-4-14-8-6-11(10-14)13(2,3)12(16)15(14)7-5-9-17-15/h4,11H,1,5-10H2,2-3H3/t11?,14?,15-/m1/s1. The van der Waals surface area contributed by atoms with Crippen LogP contribution in [0.25, 0.3) is 0 Å². The zero-order chi connectivity index (χ0) is 12.3. The van der Waals surface area contributed by atoms with Crippen molar-refractivity contribution >= 4 is 5.78 Å². The van der Waals surface area contributed by atoms with Crippen molar-refractivity contribution in [2.75, 3.05) is 6.61 Å². The van der Waals surface area contributed by atoms with E-state index in [1.165, 1.54) is 0 Å². The minimum atomic E-state index is -0.536. The molecule has 3 rings (SSSR count). The van der Waals surface area contributed by atoms with Crippen LogP contribution in [0.1, 0.15) is 46.0 Å². The fourth-order valence-electron chi connectivity index (χ4n) is 4.55. The molecule has 0 aromatic rings. The Morgan fingerprint density at radius 1 is 1.41 bits per heavy atom. The maximum Gasteiger partial charge on any atom is 0.171 e. The summed E-state index contributed by atoms with van der Waals surface area (Å²) in [6.07, 6.45) is 7.27. The quantitative estimate of drug-likeness (QED) is 0.652. The third-order valence-electron chi connectivity index (χ3n) is 5.74. The second kappa shape index (κ2) is 3.23. The first-order chi connectivity index (χ1) is 7.98. The van der Waals surface area contributed by atoms with Crippen molar-refractivity contribution in [1.82, 2.24) is 0 Å². The topological polar surface area (TPSA) is 26.3 Å². The number of rotatable bonds is 1. The number of fused-ring (bicyclic) bond motifs is 3. The molecule has 0 N–H and O–H groups in total. The van der Waals surface area contributed by atoms with Gasteiger partial charge < -0.3 is 4.74 Å². The lowest BCUT2D eigenvalue weighted by Gasteiger charge is -2.51. The Balaban J connectivity index is 2.15. The Hall–Kier alpha value is -0.630. The molecule has 1 heterocycles. The maximum atomic E-state index is 12.9.